The second kappa shape index (κ2) is 3.72. The van der Waals surface area contributed by atoms with Crippen molar-refractivity contribution in [2.45, 2.75) is 64.3 Å². The molecule has 1 saturated heterocycles. The SMILES string of the molecule is CC1(C)CC(C(C)(O)CCN)C(C)(C)O1. The van der Waals surface area contributed by atoms with Crippen molar-refractivity contribution in [3.63, 3.8) is 0 Å². The van der Waals surface area contributed by atoms with Crippen LogP contribution in [0.25, 0.3) is 0 Å². The molecule has 3 heteroatoms. The maximum absolute atomic E-state index is 10.4. The number of aliphatic hydroxyl groups is 1. The molecule has 0 aromatic heterocycles. The van der Waals surface area contributed by atoms with Crippen LogP contribution in [-0.2, 0) is 4.74 Å². The molecule has 0 bridgehead atoms. The standard InChI is InChI=1S/C12H25NO2/c1-10(2)8-9(11(3,4)15-10)12(5,14)6-7-13/h9,14H,6-8,13H2,1-5H3. The predicted molar refractivity (Wildman–Crippen MR) is 61.6 cm³/mol. The van der Waals surface area contributed by atoms with Gasteiger partial charge in [-0.3, -0.25) is 0 Å². The Morgan fingerprint density at radius 2 is 1.93 bits per heavy atom. The van der Waals surface area contributed by atoms with Gasteiger partial charge in [0, 0.05) is 5.92 Å². The first-order chi connectivity index (χ1) is 6.61. The zero-order valence-electron chi connectivity index (χ0n) is 10.6. The van der Waals surface area contributed by atoms with Gasteiger partial charge in [-0.05, 0) is 54.0 Å². The lowest BCUT2D eigenvalue weighted by molar-refractivity contribution is -0.109. The molecule has 15 heavy (non-hydrogen) atoms. The van der Waals surface area contributed by atoms with Crippen LogP contribution < -0.4 is 5.73 Å². The highest BCUT2D eigenvalue weighted by Gasteiger charge is 2.52. The third-order valence-corrected chi connectivity index (χ3v) is 3.48. The number of rotatable bonds is 3. The Morgan fingerprint density at radius 3 is 2.27 bits per heavy atom. The van der Waals surface area contributed by atoms with Crippen molar-refractivity contribution >= 4 is 0 Å². The van der Waals surface area contributed by atoms with Crippen LogP contribution in [0.3, 0.4) is 0 Å². The largest absolute Gasteiger partial charge is 0.390 e. The lowest BCUT2D eigenvalue weighted by atomic mass is 9.74. The third-order valence-electron chi connectivity index (χ3n) is 3.48. The second-order valence-electron chi connectivity index (χ2n) is 6.12. The average Bonchev–Trinajstić information content (AvgIpc) is 2.19. The molecular weight excluding hydrogens is 190 g/mol. The molecule has 0 aliphatic carbocycles. The Hall–Kier alpha value is -0.120. The lowest BCUT2D eigenvalue weighted by Crippen LogP contribution is -2.45. The molecule has 2 atom stereocenters. The van der Waals surface area contributed by atoms with Gasteiger partial charge < -0.3 is 15.6 Å². The molecule has 3 N–H and O–H groups in total. The number of ether oxygens (including phenoxy) is 1. The van der Waals surface area contributed by atoms with Gasteiger partial charge in [0.05, 0.1) is 16.8 Å². The van der Waals surface area contributed by atoms with E-state index in [0.29, 0.717) is 13.0 Å². The molecule has 0 radical (unpaired) electrons. The van der Waals surface area contributed by atoms with E-state index < -0.39 is 5.60 Å². The van der Waals surface area contributed by atoms with Crippen LogP contribution in [0.1, 0.15) is 47.5 Å². The quantitative estimate of drug-likeness (QED) is 0.753. The molecule has 1 rings (SSSR count). The Labute approximate surface area is 93.0 Å². The molecule has 3 nitrogen and oxygen atoms in total. The average molecular weight is 215 g/mol. The molecule has 0 aromatic rings. The van der Waals surface area contributed by atoms with E-state index in [2.05, 4.69) is 27.7 Å². The number of hydrogen-bond donors (Lipinski definition) is 2. The highest BCUT2D eigenvalue weighted by Crippen LogP contribution is 2.47. The Balaban J connectivity index is 2.86. The molecule has 1 aliphatic rings. The fourth-order valence-corrected chi connectivity index (χ4v) is 3.00. The summed E-state index contributed by atoms with van der Waals surface area (Å²) in [6.45, 7) is 10.6. The molecule has 1 fully saturated rings. The van der Waals surface area contributed by atoms with E-state index in [1.807, 2.05) is 6.92 Å². The summed E-state index contributed by atoms with van der Waals surface area (Å²) in [7, 11) is 0. The van der Waals surface area contributed by atoms with Crippen LogP contribution in [0.5, 0.6) is 0 Å². The fraction of sp³-hybridized carbons (Fsp3) is 1.00. The fourth-order valence-electron chi connectivity index (χ4n) is 3.00. The molecule has 0 amide bonds. The first-order valence-electron chi connectivity index (χ1n) is 5.73. The Morgan fingerprint density at radius 1 is 1.40 bits per heavy atom. The lowest BCUT2D eigenvalue weighted by Gasteiger charge is -2.37. The first kappa shape index (κ1) is 12.9. The summed E-state index contributed by atoms with van der Waals surface area (Å²) in [5.41, 5.74) is 4.39. The minimum absolute atomic E-state index is 0.142. The zero-order valence-corrected chi connectivity index (χ0v) is 10.6. The monoisotopic (exact) mass is 215 g/mol. The van der Waals surface area contributed by atoms with Gasteiger partial charge >= 0.3 is 0 Å². The summed E-state index contributed by atoms with van der Waals surface area (Å²) in [4.78, 5) is 0. The maximum Gasteiger partial charge on any atom is 0.0690 e. The normalized spacial score (nSPS) is 32.6. The summed E-state index contributed by atoms with van der Waals surface area (Å²) in [5, 5.41) is 10.4. The van der Waals surface area contributed by atoms with Crippen molar-refractivity contribution in [2.24, 2.45) is 11.7 Å². The van der Waals surface area contributed by atoms with Gasteiger partial charge in [-0.2, -0.15) is 0 Å². The summed E-state index contributed by atoms with van der Waals surface area (Å²) in [6, 6.07) is 0. The minimum Gasteiger partial charge on any atom is -0.390 e. The van der Waals surface area contributed by atoms with E-state index >= 15 is 0 Å². The molecule has 2 unspecified atom stereocenters. The van der Waals surface area contributed by atoms with Crippen molar-refractivity contribution in [1.82, 2.24) is 0 Å². The Bertz CT molecular complexity index is 234. The molecule has 0 spiro atoms. The smallest absolute Gasteiger partial charge is 0.0690 e. The van der Waals surface area contributed by atoms with Crippen LogP contribution in [0.2, 0.25) is 0 Å². The van der Waals surface area contributed by atoms with E-state index in [1.54, 1.807) is 0 Å². The highest BCUT2D eigenvalue weighted by molar-refractivity contribution is 5.02. The van der Waals surface area contributed by atoms with Gasteiger partial charge in [0.1, 0.15) is 0 Å². The molecular formula is C12H25NO2. The topological polar surface area (TPSA) is 55.5 Å². The van der Waals surface area contributed by atoms with Crippen LogP contribution in [-0.4, -0.2) is 28.5 Å². The van der Waals surface area contributed by atoms with E-state index in [4.69, 9.17) is 10.5 Å². The second-order valence-corrected chi connectivity index (χ2v) is 6.12. The predicted octanol–water partition coefficient (Wildman–Crippen LogP) is 1.68. The van der Waals surface area contributed by atoms with Gasteiger partial charge in [-0.25, -0.2) is 0 Å². The number of nitrogens with two attached hydrogens (primary N) is 1. The van der Waals surface area contributed by atoms with Gasteiger partial charge in [-0.15, -0.1) is 0 Å². The molecule has 0 aromatic carbocycles. The van der Waals surface area contributed by atoms with Crippen LogP contribution >= 0.6 is 0 Å². The van der Waals surface area contributed by atoms with Crippen molar-refractivity contribution in [3.05, 3.63) is 0 Å². The van der Waals surface area contributed by atoms with Crippen LogP contribution in [0, 0.1) is 5.92 Å². The summed E-state index contributed by atoms with van der Waals surface area (Å²) in [5.74, 6) is 0.142. The molecule has 90 valence electrons. The summed E-state index contributed by atoms with van der Waals surface area (Å²) in [6.07, 6.45) is 1.51. The van der Waals surface area contributed by atoms with Gasteiger partial charge in [-0.1, -0.05) is 0 Å². The molecule has 1 aliphatic heterocycles. The third kappa shape index (κ3) is 2.71. The van der Waals surface area contributed by atoms with Crippen molar-refractivity contribution in [3.8, 4) is 0 Å². The Kier molecular flexibility index (Phi) is 3.21. The zero-order chi connectivity index (χ0) is 11.9. The van der Waals surface area contributed by atoms with Crippen LogP contribution in [0.15, 0.2) is 0 Å². The van der Waals surface area contributed by atoms with E-state index in [9.17, 15) is 5.11 Å². The van der Waals surface area contributed by atoms with Gasteiger partial charge in [0.15, 0.2) is 0 Å². The van der Waals surface area contributed by atoms with Crippen molar-refractivity contribution in [2.75, 3.05) is 6.54 Å². The molecule has 0 saturated carbocycles. The maximum atomic E-state index is 10.4. The van der Waals surface area contributed by atoms with Gasteiger partial charge in [0.2, 0.25) is 0 Å². The van der Waals surface area contributed by atoms with Crippen molar-refractivity contribution < 1.29 is 9.84 Å². The highest BCUT2D eigenvalue weighted by atomic mass is 16.5. The van der Waals surface area contributed by atoms with E-state index in [1.165, 1.54) is 0 Å². The van der Waals surface area contributed by atoms with Crippen molar-refractivity contribution in [1.29, 1.82) is 0 Å². The van der Waals surface area contributed by atoms with Crippen LogP contribution in [0.4, 0.5) is 0 Å². The first-order valence-corrected chi connectivity index (χ1v) is 5.73. The minimum atomic E-state index is -0.730. The van der Waals surface area contributed by atoms with E-state index in [0.717, 1.165) is 6.42 Å². The summed E-state index contributed by atoms with van der Waals surface area (Å²) >= 11 is 0. The summed E-state index contributed by atoms with van der Waals surface area (Å²) < 4.78 is 5.98. The van der Waals surface area contributed by atoms with E-state index in [-0.39, 0.29) is 17.1 Å². The van der Waals surface area contributed by atoms with Gasteiger partial charge in [0.25, 0.3) is 0 Å². The molecule has 1 heterocycles. The number of hydrogen-bond acceptors (Lipinski definition) is 3.